The molecule has 3 rings (SSSR count). The minimum Gasteiger partial charge on any atom is -0.479 e. The van der Waals surface area contributed by atoms with E-state index in [0.29, 0.717) is 12.8 Å². The number of nitrogens with one attached hydrogen (secondary N) is 1. The van der Waals surface area contributed by atoms with Gasteiger partial charge in [-0.2, -0.15) is 0 Å². The Kier molecular flexibility index (Phi) is 15.8. The number of carbonyl (C=O) groups is 5. The molecule has 296 valence electrons. The van der Waals surface area contributed by atoms with Gasteiger partial charge in [-0.05, 0) is 30.4 Å². The van der Waals surface area contributed by atoms with Crippen molar-refractivity contribution in [3.05, 3.63) is 48.0 Å². The Bertz CT molecular complexity index is 1440. The number of amides is 1. The third-order valence-corrected chi connectivity index (χ3v) is 10.0. The number of esters is 1. The number of aliphatic carboxylic acids is 3. The number of fused-ring (bicyclic) bond motifs is 2. The van der Waals surface area contributed by atoms with Gasteiger partial charge in [0, 0.05) is 25.8 Å². The maximum Gasteiger partial charge on any atom is 0.407 e. The van der Waals surface area contributed by atoms with Crippen LogP contribution in [-0.2, 0) is 44.5 Å². The molecule has 0 saturated carbocycles. The van der Waals surface area contributed by atoms with Crippen molar-refractivity contribution in [1.82, 2.24) is 5.32 Å². The number of unbranched alkanes of at least 4 members (excludes halogenated alkanes) is 9. The monoisotopic (exact) mass is 749 g/mol. The zero-order valence-electron chi connectivity index (χ0n) is 30.8. The summed E-state index contributed by atoms with van der Waals surface area (Å²) in [5.74, 6) is -10.3. The highest BCUT2D eigenvalue weighted by atomic mass is 16.8. The van der Waals surface area contributed by atoms with E-state index in [0.717, 1.165) is 37.7 Å². The van der Waals surface area contributed by atoms with E-state index < -0.39 is 77.8 Å². The van der Waals surface area contributed by atoms with E-state index in [9.17, 15) is 49.5 Å². The molecular formula is C38H55NO14. The van der Waals surface area contributed by atoms with E-state index >= 15 is 0 Å². The zero-order valence-corrected chi connectivity index (χ0v) is 30.8. The molecule has 6 N–H and O–H groups in total. The fourth-order valence-corrected chi connectivity index (χ4v) is 7.26. The highest BCUT2D eigenvalue weighted by Gasteiger charge is 2.86. The number of hydrogen-bond donors (Lipinski definition) is 6. The maximum atomic E-state index is 13.0. The van der Waals surface area contributed by atoms with Crippen LogP contribution in [0.2, 0.25) is 0 Å². The summed E-state index contributed by atoms with van der Waals surface area (Å²) in [7, 11) is 0. The summed E-state index contributed by atoms with van der Waals surface area (Å²) in [6, 6.07) is 9.31. The largest absolute Gasteiger partial charge is 0.479 e. The number of carbonyl (C=O) groups excluding carboxylic acids is 2. The number of rotatable bonds is 23. The summed E-state index contributed by atoms with van der Waals surface area (Å²) in [4.78, 5) is 63.1. The second-order valence-electron chi connectivity index (χ2n) is 14.1. The number of aliphatic hydroxyl groups excluding tert-OH is 1. The fraction of sp³-hybridized carbons (Fsp3) is 0.658. The molecule has 2 aliphatic rings. The number of hydrogen-bond acceptors (Lipinski definition) is 11. The maximum absolute atomic E-state index is 13.0. The van der Waals surface area contributed by atoms with Crippen LogP contribution in [0.5, 0.6) is 0 Å². The lowest BCUT2D eigenvalue weighted by Gasteiger charge is -2.48. The van der Waals surface area contributed by atoms with Gasteiger partial charge < -0.3 is 49.8 Å². The minimum absolute atomic E-state index is 0.0974. The van der Waals surface area contributed by atoms with Crippen molar-refractivity contribution >= 4 is 30.0 Å². The number of alkyl carbamates (subject to hydrolysis) is 1. The average Bonchev–Trinajstić information content (AvgIpc) is 3.32. The molecule has 53 heavy (non-hydrogen) atoms. The topological polar surface area (TPSA) is 235 Å². The van der Waals surface area contributed by atoms with E-state index in [1.807, 2.05) is 37.3 Å². The SMILES string of the molecule is C=C(CC[C@@]12O[C@H](C(=O)O)[C@@](O)(C(=O)O)[C@@](C(=O)O)(O1)[C@H](OC(=O)NCCCCCCCCCCCC)[C@H]2O)C(OC(C)=O)C(C)Cc1ccccc1. The lowest BCUT2D eigenvalue weighted by atomic mass is 9.74. The molecule has 0 radical (unpaired) electrons. The molecule has 0 aromatic heterocycles. The first-order valence-corrected chi connectivity index (χ1v) is 18.4. The van der Waals surface area contributed by atoms with Crippen molar-refractivity contribution in [2.75, 3.05) is 6.54 Å². The van der Waals surface area contributed by atoms with Crippen LogP contribution in [0.15, 0.2) is 42.5 Å². The third kappa shape index (κ3) is 9.93. The number of carboxylic acid groups (broad SMARTS) is 3. The molecule has 15 heteroatoms. The van der Waals surface area contributed by atoms with Crippen LogP contribution in [0, 0.1) is 5.92 Å². The van der Waals surface area contributed by atoms with Crippen LogP contribution in [0.25, 0.3) is 0 Å². The predicted molar refractivity (Wildman–Crippen MR) is 189 cm³/mol. The number of benzene rings is 1. The summed E-state index contributed by atoms with van der Waals surface area (Å²) < 4.78 is 22.1. The lowest BCUT2D eigenvalue weighted by molar-refractivity contribution is -0.373. The highest BCUT2D eigenvalue weighted by molar-refractivity contribution is 5.98. The van der Waals surface area contributed by atoms with Crippen LogP contribution < -0.4 is 5.32 Å². The van der Waals surface area contributed by atoms with Crippen molar-refractivity contribution in [2.45, 2.75) is 146 Å². The third-order valence-electron chi connectivity index (χ3n) is 10.0. The molecule has 1 amide bonds. The van der Waals surface area contributed by atoms with Gasteiger partial charge in [0.15, 0.2) is 6.10 Å². The van der Waals surface area contributed by atoms with Crippen molar-refractivity contribution in [3.8, 4) is 0 Å². The Labute approximate surface area is 309 Å². The molecule has 2 saturated heterocycles. The molecule has 2 bridgehead atoms. The van der Waals surface area contributed by atoms with Gasteiger partial charge >= 0.3 is 30.0 Å². The molecule has 8 atom stereocenters. The molecule has 2 heterocycles. The van der Waals surface area contributed by atoms with Crippen LogP contribution in [0.3, 0.4) is 0 Å². The second kappa shape index (κ2) is 19.3. The molecule has 2 fully saturated rings. The van der Waals surface area contributed by atoms with Crippen LogP contribution >= 0.6 is 0 Å². The van der Waals surface area contributed by atoms with Gasteiger partial charge in [0.1, 0.15) is 12.2 Å². The average molecular weight is 750 g/mol. The summed E-state index contributed by atoms with van der Waals surface area (Å²) in [6.07, 6.45) is 0.262. The summed E-state index contributed by atoms with van der Waals surface area (Å²) in [6.45, 7) is 9.30. The Morgan fingerprint density at radius 1 is 0.925 bits per heavy atom. The normalized spacial score (nSPS) is 27.3. The predicted octanol–water partition coefficient (Wildman–Crippen LogP) is 4.36. The van der Waals surface area contributed by atoms with Gasteiger partial charge in [0.05, 0.1) is 0 Å². The van der Waals surface area contributed by atoms with E-state index in [1.165, 1.54) is 32.6 Å². The Balaban J connectivity index is 1.81. The van der Waals surface area contributed by atoms with E-state index in [2.05, 4.69) is 18.8 Å². The smallest absolute Gasteiger partial charge is 0.407 e. The second-order valence-corrected chi connectivity index (χ2v) is 14.1. The zero-order chi connectivity index (χ0) is 39.4. The van der Waals surface area contributed by atoms with Crippen molar-refractivity contribution in [2.24, 2.45) is 5.92 Å². The summed E-state index contributed by atoms with van der Waals surface area (Å²) in [5.41, 5.74) is -6.26. The minimum atomic E-state index is -3.89. The molecule has 15 nitrogen and oxygen atoms in total. The molecule has 1 aromatic rings. The molecule has 2 aliphatic heterocycles. The first-order valence-electron chi connectivity index (χ1n) is 18.4. The van der Waals surface area contributed by atoms with Gasteiger partial charge in [0.2, 0.25) is 17.5 Å². The van der Waals surface area contributed by atoms with Crippen LogP contribution in [0.4, 0.5) is 4.79 Å². The lowest BCUT2D eigenvalue weighted by Crippen LogP contribution is -2.78. The van der Waals surface area contributed by atoms with Gasteiger partial charge in [-0.25, -0.2) is 19.2 Å². The first kappa shape index (κ1) is 43.4. The number of ether oxygens (including phenoxy) is 4. The van der Waals surface area contributed by atoms with Gasteiger partial charge in [-0.15, -0.1) is 0 Å². The summed E-state index contributed by atoms with van der Waals surface area (Å²) >= 11 is 0. The fourth-order valence-electron chi connectivity index (χ4n) is 7.26. The molecule has 1 aromatic carbocycles. The van der Waals surface area contributed by atoms with Crippen LogP contribution in [0.1, 0.15) is 103 Å². The molecule has 2 unspecified atom stereocenters. The Hall–Kier alpha value is -4.05. The summed E-state index contributed by atoms with van der Waals surface area (Å²) in [5, 5.41) is 56.1. The van der Waals surface area contributed by atoms with Crippen molar-refractivity contribution in [3.63, 3.8) is 0 Å². The van der Waals surface area contributed by atoms with E-state index in [1.54, 1.807) is 0 Å². The van der Waals surface area contributed by atoms with Crippen molar-refractivity contribution in [1.29, 1.82) is 0 Å². The van der Waals surface area contributed by atoms with E-state index in [4.69, 9.17) is 18.9 Å². The number of carboxylic acids is 3. The van der Waals surface area contributed by atoms with Gasteiger partial charge in [-0.3, -0.25) is 4.79 Å². The highest BCUT2D eigenvalue weighted by Crippen LogP contribution is 2.55. The molecule has 0 spiro atoms. The van der Waals surface area contributed by atoms with Crippen LogP contribution in [-0.4, -0.2) is 103 Å². The first-order chi connectivity index (χ1) is 25.1. The number of aliphatic hydroxyl groups is 2. The van der Waals surface area contributed by atoms with Gasteiger partial charge in [0.25, 0.3) is 5.60 Å². The quantitative estimate of drug-likeness (QED) is 0.0518. The van der Waals surface area contributed by atoms with E-state index in [-0.39, 0.29) is 24.5 Å². The Morgan fingerprint density at radius 2 is 1.51 bits per heavy atom. The van der Waals surface area contributed by atoms with Crippen molar-refractivity contribution < 1.29 is 68.5 Å². The molecular weight excluding hydrogens is 694 g/mol. The molecule has 0 aliphatic carbocycles. The van der Waals surface area contributed by atoms with Gasteiger partial charge in [-0.1, -0.05) is 109 Å². The standard InChI is InChI=1S/C38H55NO14/c1-5-6-7-8-9-10-11-12-13-17-22-39-35(48)51-30-29(41)36(52-31(32(42)43)37(49,33(44)45)38(30,53-36)34(46)47)21-20-24(2)28(50-26(4)40)25(3)23-27-18-15-14-16-19-27/h14-16,18-19,25,28-31,41,49H,2,5-13,17,20-23H2,1,3-4H3,(H,39,48)(H,42,43)(H,44,45)(H,46,47)/t25?,28?,29-,30-,31-,36-,37-,38-/m1/s1. The Morgan fingerprint density at radius 3 is 2.04 bits per heavy atom.